The van der Waals surface area contributed by atoms with Gasteiger partial charge in [-0.25, -0.2) is 4.98 Å². The molecule has 1 amide bonds. The molecule has 1 fully saturated rings. The van der Waals surface area contributed by atoms with Crippen molar-refractivity contribution in [1.82, 2.24) is 15.2 Å². The third kappa shape index (κ3) is 4.83. The minimum Gasteiger partial charge on any atom is -0.352 e. The maximum absolute atomic E-state index is 12.4. The third-order valence-corrected chi connectivity index (χ3v) is 6.60. The van der Waals surface area contributed by atoms with E-state index in [0.717, 1.165) is 48.7 Å². The molecule has 1 saturated heterocycles. The number of thiophene rings is 1. The van der Waals surface area contributed by atoms with Crippen molar-refractivity contribution in [3.8, 4) is 10.6 Å². The van der Waals surface area contributed by atoms with Gasteiger partial charge in [-0.15, -0.1) is 11.3 Å². The Morgan fingerprint density at radius 3 is 2.70 bits per heavy atom. The van der Waals surface area contributed by atoms with Crippen molar-refractivity contribution in [3.63, 3.8) is 0 Å². The van der Waals surface area contributed by atoms with Gasteiger partial charge in [0.1, 0.15) is 5.01 Å². The number of likely N-dealkylation sites (tertiary alicyclic amines) is 1. The van der Waals surface area contributed by atoms with Crippen molar-refractivity contribution in [2.75, 3.05) is 13.1 Å². The van der Waals surface area contributed by atoms with E-state index in [0.29, 0.717) is 6.54 Å². The first-order valence-electron chi connectivity index (χ1n) is 9.29. The molecule has 140 valence electrons. The van der Waals surface area contributed by atoms with Crippen molar-refractivity contribution in [2.24, 2.45) is 5.92 Å². The summed E-state index contributed by atoms with van der Waals surface area (Å²) in [6.07, 6.45) is 1.84. The molecule has 0 radical (unpaired) electrons. The number of nitrogens with zero attached hydrogens (tertiary/aromatic N) is 2. The second-order valence-electron chi connectivity index (χ2n) is 6.91. The molecular formula is C21H23N3OS2. The highest BCUT2D eigenvalue weighted by Gasteiger charge is 2.25. The number of thiazole rings is 1. The van der Waals surface area contributed by atoms with Gasteiger partial charge < -0.3 is 5.32 Å². The quantitative estimate of drug-likeness (QED) is 0.670. The summed E-state index contributed by atoms with van der Waals surface area (Å²) in [4.78, 5) is 19.6. The number of piperidine rings is 1. The summed E-state index contributed by atoms with van der Waals surface area (Å²) in [6.45, 7) is 3.40. The first-order chi connectivity index (χ1) is 13.3. The third-order valence-electron chi connectivity index (χ3n) is 4.97. The van der Waals surface area contributed by atoms with Crippen LogP contribution in [0.1, 0.15) is 24.1 Å². The number of hydrogen-bond donors (Lipinski definition) is 1. The Morgan fingerprint density at radius 2 is 1.96 bits per heavy atom. The molecule has 3 heterocycles. The fourth-order valence-corrected chi connectivity index (χ4v) is 4.93. The molecule has 1 aromatic carbocycles. The Bertz CT molecular complexity index is 853. The van der Waals surface area contributed by atoms with Gasteiger partial charge in [0.05, 0.1) is 5.69 Å². The van der Waals surface area contributed by atoms with E-state index in [1.165, 1.54) is 5.56 Å². The minimum absolute atomic E-state index is 0.127. The SMILES string of the molecule is O=C(NCc1ccccc1)C1CCN(Cc2csc(-c3ccsc3)n2)CC1. The summed E-state index contributed by atoms with van der Waals surface area (Å²) >= 11 is 3.41. The fourth-order valence-electron chi connectivity index (χ4n) is 3.41. The molecule has 1 aliphatic rings. The van der Waals surface area contributed by atoms with Gasteiger partial charge >= 0.3 is 0 Å². The average molecular weight is 398 g/mol. The standard InChI is InChI=1S/C21H23N3OS2/c25-20(22-12-16-4-2-1-3-5-16)17-6-9-24(10-7-17)13-19-15-27-21(23-19)18-8-11-26-14-18/h1-5,8,11,14-15,17H,6-7,9-10,12-13H2,(H,22,25). The molecule has 2 aromatic heterocycles. The van der Waals surface area contributed by atoms with E-state index < -0.39 is 0 Å². The summed E-state index contributed by atoms with van der Waals surface area (Å²) in [5, 5.41) is 10.6. The molecule has 4 nitrogen and oxygen atoms in total. The van der Waals surface area contributed by atoms with Gasteiger partial charge in [0.2, 0.25) is 5.91 Å². The Morgan fingerprint density at radius 1 is 1.15 bits per heavy atom. The Hall–Kier alpha value is -2.02. The second-order valence-corrected chi connectivity index (χ2v) is 8.55. The summed E-state index contributed by atoms with van der Waals surface area (Å²) in [5.74, 6) is 0.314. The number of carbonyl (C=O) groups excluding carboxylic acids is 1. The Labute approximate surface area is 167 Å². The average Bonchev–Trinajstić information content (AvgIpc) is 3.39. The number of benzene rings is 1. The molecule has 0 aliphatic carbocycles. The Kier molecular flexibility index (Phi) is 5.97. The van der Waals surface area contributed by atoms with Crippen molar-refractivity contribution in [3.05, 3.63) is 63.8 Å². The molecule has 0 bridgehead atoms. The van der Waals surface area contributed by atoms with E-state index >= 15 is 0 Å². The van der Waals surface area contributed by atoms with Crippen LogP contribution < -0.4 is 5.32 Å². The maximum atomic E-state index is 12.4. The number of nitrogens with one attached hydrogen (secondary N) is 1. The van der Waals surface area contributed by atoms with Crippen LogP contribution in [0, 0.1) is 5.92 Å². The first-order valence-corrected chi connectivity index (χ1v) is 11.1. The van der Waals surface area contributed by atoms with Crippen LogP contribution in [0.15, 0.2) is 52.5 Å². The smallest absolute Gasteiger partial charge is 0.223 e. The highest BCUT2D eigenvalue weighted by atomic mass is 32.1. The van der Waals surface area contributed by atoms with E-state index in [1.54, 1.807) is 22.7 Å². The number of aromatic nitrogens is 1. The van der Waals surface area contributed by atoms with Crippen LogP contribution >= 0.6 is 22.7 Å². The molecular weight excluding hydrogens is 374 g/mol. The summed E-state index contributed by atoms with van der Waals surface area (Å²) in [6, 6.07) is 12.2. The van der Waals surface area contributed by atoms with Gasteiger partial charge in [0.25, 0.3) is 0 Å². The van der Waals surface area contributed by atoms with E-state index in [4.69, 9.17) is 4.98 Å². The van der Waals surface area contributed by atoms with Gasteiger partial charge in [-0.2, -0.15) is 11.3 Å². The van der Waals surface area contributed by atoms with Gasteiger partial charge in [-0.05, 0) is 42.9 Å². The molecule has 1 N–H and O–H groups in total. The molecule has 1 aliphatic heterocycles. The zero-order valence-corrected chi connectivity index (χ0v) is 16.8. The predicted molar refractivity (Wildman–Crippen MR) is 112 cm³/mol. The first kappa shape index (κ1) is 18.3. The lowest BCUT2D eigenvalue weighted by molar-refractivity contribution is -0.126. The maximum Gasteiger partial charge on any atom is 0.223 e. The van der Waals surface area contributed by atoms with E-state index in [-0.39, 0.29) is 11.8 Å². The molecule has 0 atom stereocenters. The van der Waals surface area contributed by atoms with Gasteiger partial charge in [0, 0.05) is 35.3 Å². The fraction of sp³-hybridized carbons (Fsp3) is 0.333. The predicted octanol–water partition coefficient (Wildman–Crippen LogP) is 4.40. The molecule has 3 aromatic rings. The minimum atomic E-state index is 0.127. The van der Waals surface area contributed by atoms with E-state index in [9.17, 15) is 4.79 Å². The largest absolute Gasteiger partial charge is 0.352 e. The summed E-state index contributed by atoms with van der Waals surface area (Å²) < 4.78 is 0. The van der Waals surface area contributed by atoms with Gasteiger partial charge in [-0.1, -0.05) is 30.3 Å². The van der Waals surface area contributed by atoms with Crippen LogP contribution in [-0.2, 0) is 17.9 Å². The molecule has 6 heteroatoms. The molecule has 0 unspecified atom stereocenters. The van der Waals surface area contributed by atoms with E-state index in [1.807, 2.05) is 30.3 Å². The zero-order valence-electron chi connectivity index (χ0n) is 15.1. The summed E-state index contributed by atoms with van der Waals surface area (Å²) in [7, 11) is 0. The molecule has 0 spiro atoms. The molecule has 4 rings (SSSR count). The van der Waals surface area contributed by atoms with Crippen molar-refractivity contribution in [1.29, 1.82) is 0 Å². The molecule has 0 saturated carbocycles. The van der Waals surface area contributed by atoms with Crippen molar-refractivity contribution >= 4 is 28.6 Å². The highest BCUT2D eigenvalue weighted by Crippen LogP contribution is 2.27. The number of hydrogen-bond acceptors (Lipinski definition) is 5. The van der Waals surface area contributed by atoms with Crippen LogP contribution in [0.5, 0.6) is 0 Å². The van der Waals surface area contributed by atoms with Crippen LogP contribution in [0.25, 0.3) is 10.6 Å². The molecule has 27 heavy (non-hydrogen) atoms. The lowest BCUT2D eigenvalue weighted by atomic mass is 9.95. The normalized spacial score (nSPS) is 15.7. The van der Waals surface area contributed by atoms with Crippen LogP contribution in [0.4, 0.5) is 0 Å². The lowest BCUT2D eigenvalue weighted by Gasteiger charge is -2.30. The van der Waals surface area contributed by atoms with Crippen LogP contribution in [-0.4, -0.2) is 28.9 Å². The topological polar surface area (TPSA) is 45.2 Å². The van der Waals surface area contributed by atoms with Crippen molar-refractivity contribution in [2.45, 2.75) is 25.9 Å². The summed E-state index contributed by atoms with van der Waals surface area (Å²) in [5.41, 5.74) is 3.49. The lowest BCUT2D eigenvalue weighted by Crippen LogP contribution is -2.40. The highest BCUT2D eigenvalue weighted by molar-refractivity contribution is 7.14. The zero-order chi connectivity index (χ0) is 18.5. The van der Waals surface area contributed by atoms with Gasteiger partial charge in [-0.3, -0.25) is 9.69 Å². The second kappa shape index (κ2) is 8.78. The number of rotatable bonds is 6. The van der Waals surface area contributed by atoms with Crippen molar-refractivity contribution < 1.29 is 4.79 Å². The monoisotopic (exact) mass is 397 g/mol. The van der Waals surface area contributed by atoms with Crippen LogP contribution in [0.3, 0.4) is 0 Å². The Balaban J connectivity index is 1.23. The number of amides is 1. The van der Waals surface area contributed by atoms with Gasteiger partial charge in [0.15, 0.2) is 0 Å². The van der Waals surface area contributed by atoms with E-state index in [2.05, 4.69) is 32.4 Å². The van der Waals surface area contributed by atoms with Crippen LogP contribution in [0.2, 0.25) is 0 Å². The number of carbonyl (C=O) groups is 1.